The van der Waals surface area contributed by atoms with Crippen LogP contribution in [0, 0.1) is 0 Å². The number of nitrogens with zero attached hydrogens (tertiary/aromatic N) is 1. The summed E-state index contributed by atoms with van der Waals surface area (Å²) in [6, 6.07) is 11.2. The van der Waals surface area contributed by atoms with E-state index in [4.69, 9.17) is 9.47 Å². The number of carbonyl (C=O) groups is 2. The van der Waals surface area contributed by atoms with Crippen LogP contribution < -0.4 is 25.7 Å². The van der Waals surface area contributed by atoms with Gasteiger partial charge in [0.1, 0.15) is 6.04 Å². The molecule has 9 heteroatoms. The van der Waals surface area contributed by atoms with Gasteiger partial charge in [-0.3, -0.25) is 14.4 Å². The van der Waals surface area contributed by atoms with Gasteiger partial charge in [-0.05, 0) is 25.1 Å². The van der Waals surface area contributed by atoms with Crippen LogP contribution >= 0.6 is 0 Å². The van der Waals surface area contributed by atoms with Crippen LogP contribution in [-0.2, 0) is 16.0 Å². The van der Waals surface area contributed by atoms with E-state index in [1.807, 2.05) is 0 Å². The fourth-order valence-electron chi connectivity index (χ4n) is 3.04. The van der Waals surface area contributed by atoms with Crippen molar-refractivity contribution < 1.29 is 19.1 Å². The molecule has 2 aromatic carbocycles. The number of amides is 2. The van der Waals surface area contributed by atoms with Crippen molar-refractivity contribution in [1.82, 2.24) is 15.5 Å². The molecule has 1 aliphatic heterocycles. The van der Waals surface area contributed by atoms with Crippen LogP contribution in [0.4, 0.5) is 5.69 Å². The van der Waals surface area contributed by atoms with E-state index < -0.39 is 6.04 Å². The minimum Gasteiger partial charge on any atom is -0.454 e. The van der Waals surface area contributed by atoms with Gasteiger partial charge in [0.15, 0.2) is 11.5 Å². The Morgan fingerprint density at radius 1 is 1.14 bits per heavy atom. The van der Waals surface area contributed by atoms with Crippen molar-refractivity contribution in [2.75, 3.05) is 12.1 Å². The van der Waals surface area contributed by atoms with Gasteiger partial charge in [0.05, 0.1) is 17.5 Å². The predicted molar refractivity (Wildman–Crippen MR) is 105 cm³/mol. The Morgan fingerprint density at radius 3 is 2.72 bits per heavy atom. The third-order valence-corrected chi connectivity index (χ3v) is 4.51. The maximum absolute atomic E-state index is 12.4. The van der Waals surface area contributed by atoms with Gasteiger partial charge >= 0.3 is 0 Å². The molecule has 0 aliphatic carbocycles. The standard InChI is InChI=1S/C20H18N4O5/c1-11(19(26)22-12-6-7-16-17(8-12)29-10-28-16)21-18(25)9-15-13-4-2-3-5-14(13)20(27)24-23-15/h2-8,11H,9-10H2,1H3,(H,21,25)(H,22,26)(H,24,27)/t11-/m0/s1. The highest BCUT2D eigenvalue weighted by Gasteiger charge is 2.19. The minimum absolute atomic E-state index is 0.0705. The molecule has 9 nitrogen and oxygen atoms in total. The van der Waals surface area contributed by atoms with Crippen LogP contribution in [0.3, 0.4) is 0 Å². The zero-order chi connectivity index (χ0) is 20.4. The number of nitrogens with one attached hydrogen (secondary N) is 3. The number of fused-ring (bicyclic) bond motifs is 2. The number of carbonyl (C=O) groups excluding carboxylic acids is 2. The maximum atomic E-state index is 12.4. The Hall–Kier alpha value is -3.88. The Kier molecular flexibility index (Phi) is 4.86. The number of aromatic nitrogens is 2. The van der Waals surface area contributed by atoms with Gasteiger partial charge in [-0.15, -0.1) is 0 Å². The van der Waals surface area contributed by atoms with Gasteiger partial charge in [0.25, 0.3) is 5.56 Å². The van der Waals surface area contributed by atoms with Crippen molar-refractivity contribution in [3.05, 3.63) is 58.5 Å². The summed E-state index contributed by atoms with van der Waals surface area (Å²) < 4.78 is 10.5. The quantitative estimate of drug-likeness (QED) is 0.600. The summed E-state index contributed by atoms with van der Waals surface area (Å²) in [6.07, 6.45) is -0.0705. The number of benzene rings is 2. The molecule has 148 valence electrons. The summed E-state index contributed by atoms with van der Waals surface area (Å²) in [5, 5.41) is 12.8. The topological polar surface area (TPSA) is 122 Å². The van der Waals surface area contributed by atoms with Crippen LogP contribution in [0.15, 0.2) is 47.3 Å². The van der Waals surface area contributed by atoms with Crippen molar-refractivity contribution in [3.63, 3.8) is 0 Å². The fourth-order valence-corrected chi connectivity index (χ4v) is 3.04. The van der Waals surface area contributed by atoms with E-state index in [2.05, 4.69) is 20.8 Å². The average molecular weight is 394 g/mol. The first-order valence-electron chi connectivity index (χ1n) is 8.97. The Bertz CT molecular complexity index is 1160. The zero-order valence-electron chi connectivity index (χ0n) is 15.5. The van der Waals surface area contributed by atoms with Crippen LogP contribution in [-0.4, -0.2) is 34.8 Å². The molecular formula is C20H18N4O5. The summed E-state index contributed by atoms with van der Waals surface area (Å²) in [5.41, 5.74) is 0.649. The second kappa shape index (κ2) is 7.63. The first-order chi connectivity index (χ1) is 14.0. The van der Waals surface area contributed by atoms with Crippen molar-refractivity contribution in [2.45, 2.75) is 19.4 Å². The summed E-state index contributed by atoms with van der Waals surface area (Å²) in [4.78, 5) is 36.6. The number of aromatic amines is 1. The lowest BCUT2D eigenvalue weighted by atomic mass is 10.1. The lowest BCUT2D eigenvalue weighted by Gasteiger charge is -2.14. The predicted octanol–water partition coefficient (Wildman–Crippen LogP) is 1.34. The number of H-pyrrole nitrogens is 1. The van der Waals surface area contributed by atoms with Crippen LogP contribution in [0.1, 0.15) is 12.6 Å². The zero-order valence-corrected chi connectivity index (χ0v) is 15.5. The Balaban J connectivity index is 1.40. The number of ether oxygens (including phenoxy) is 2. The molecule has 1 aromatic heterocycles. The first-order valence-corrected chi connectivity index (χ1v) is 8.97. The van der Waals surface area contributed by atoms with Gasteiger partial charge in [-0.1, -0.05) is 18.2 Å². The maximum Gasteiger partial charge on any atom is 0.272 e. The second-order valence-electron chi connectivity index (χ2n) is 6.57. The molecule has 3 aromatic rings. The van der Waals surface area contributed by atoms with Crippen LogP contribution in [0.25, 0.3) is 10.8 Å². The molecular weight excluding hydrogens is 376 g/mol. The van der Waals surface area contributed by atoms with E-state index in [0.29, 0.717) is 33.7 Å². The highest BCUT2D eigenvalue weighted by atomic mass is 16.7. The normalized spacial score (nSPS) is 13.1. The summed E-state index contributed by atoms with van der Waals surface area (Å²) in [7, 11) is 0. The molecule has 0 saturated heterocycles. The largest absolute Gasteiger partial charge is 0.454 e. The number of anilines is 1. The Morgan fingerprint density at radius 2 is 1.90 bits per heavy atom. The summed E-state index contributed by atoms with van der Waals surface area (Å²) in [5.74, 6) is 0.403. The average Bonchev–Trinajstić information content (AvgIpc) is 3.18. The first kappa shape index (κ1) is 18.5. The summed E-state index contributed by atoms with van der Waals surface area (Å²) >= 11 is 0. The molecule has 1 aliphatic rings. The SMILES string of the molecule is C[C@H](NC(=O)Cc1n[nH]c(=O)c2ccccc12)C(=O)Nc1ccc2c(c1)OCO2. The molecule has 0 bridgehead atoms. The molecule has 2 heterocycles. The van der Waals surface area contributed by atoms with E-state index in [0.717, 1.165) is 0 Å². The van der Waals surface area contributed by atoms with Crippen molar-refractivity contribution in [2.24, 2.45) is 0 Å². The van der Waals surface area contributed by atoms with Crippen LogP contribution in [0.2, 0.25) is 0 Å². The number of rotatable bonds is 5. The fraction of sp³-hybridized carbons (Fsp3) is 0.200. The number of hydrogen-bond acceptors (Lipinski definition) is 6. The van der Waals surface area contributed by atoms with E-state index in [1.165, 1.54) is 0 Å². The molecule has 3 N–H and O–H groups in total. The second-order valence-corrected chi connectivity index (χ2v) is 6.57. The molecule has 29 heavy (non-hydrogen) atoms. The third-order valence-electron chi connectivity index (χ3n) is 4.51. The van der Waals surface area contributed by atoms with Gasteiger partial charge in [0, 0.05) is 17.1 Å². The monoisotopic (exact) mass is 394 g/mol. The lowest BCUT2D eigenvalue weighted by Crippen LogP contribution is -2.42. The van der Waals surface area contributed by atoms with Gasteiger partial charge < -0.3 is 20.1 Å². The Labute approximate surface area is 165 Å². The molecule has 4 rings (SSSR count). The minimum atomic E-state index is -0.776. The summed E-state index contributed by atoms with van der Waals surface area (Å²) in [6.45, 7) is 1.73. The molecule has 1 atom stereocenters. The van der Waals surface area contributed by atoms with Crippen molar-refractivity contribution in [3.8, 4) is 11.5 Å². The lowest BCUT2D eigenvalue weighted by molar-refractivity contribution is -0.125. The smallest absolute Gasteiger partial charge is 0.272 e. The van der Waals surface area contributed by atoms with Gasteiger partial charge in [-0.25, -0.2) is 5.10 Å². The highest BCUT2D eigenvalue weighted by molar-refractivity contribution is 5.97. The van der Waals surface area contributed by atoms with Crippen molar-refractivity contribution in [1.29, 1.82) is 0 Å². The van der Waals surface area contributed by atoms with Gasteiger partial charge in [0.2, 0.25) is 18.6 Å². The molecule has 0 saturated carbocycles. The van der Waals surface area contributed by atoms with Crippen LogP contribution in [0.5, 0.6) is 11.5 Å². The highest BCUT2D eigenvalue weighted by Crippen LogP contribution is 2.34. The van der Waals surface area contributed by atoms with E-state index in [9.17, 15) is 14.4 Å². The molecule has 0 unspecified atom stereocenters. The molecule has 0 radical (unpaired) electrons. The molecule has 2 amide bonds. The van der Waals surface area contributed by atoms with Crippen molar-refractivity contribution >= 4 is 28.3 Å². The molecule has 0 spiro atoms. The third kappa shape index (κ3) is 3.88. The van der Waals surface area contributed by atoms with E-state index >= 15 is 0 Å². The molecule has 0 fully saturated rings. The van der Waals surface area contributed by atoms with E-state index in [1.54, 1.807) is 49.4 Å². The number of hydrogen-bond donors (Lipinski definition) is 3. The van der Waals surface area contributed by atoms with Gasteiger partial charge in [-0.2, -0.15) is 5.10 Å². The van der Waals surface area contributed by atoms with E-state index in [-0.39, 0.29) is 30.6 Å².